The predicted molar refractivity (Wildman–Crippen MR) is 81.1 cm³/mol. The second-order valence-electron chi connectivity index (χ2n) is 5.75. The average molecular weight is 272 g/mol. The van der Waals surface area contributed by atoms with Crippen molar-refractivity contribution in [3.63, 3.8) is 0 Å². The van der Waals surface area contributed by atoms with E-state index in [1.165, 1.54) is 0 Å². The first kappa shape index (κ1) is 14.4. The molecule has 2 rings (SSSR count). The number of anilines is 1. The monoisotopic (exact) mass is 272 g/mol. The molecule has 106 valence electrons. The van der Waals surface area contributed by atoms with Crippen LogP contribution in [0.2, 0.25) is 0 Å². The van der Waals surface area contributed by atoms with Gasteiger partial charge in [-0.1, -0.05) is 19.1 Å². The van der Waals surface area contributed by atoms with Crippen LogP contribution in [0.3, 0.4) is 0 Å². The van der Waals surface area contributed by atoms with E-state index in [-0.39, 0.29) is 17.4 Å². The van der Waals surface area contributed by atoms with E-state index in [0.717, 1.165) is 17.5 Å². The molecule has 1 aromatic carbocycles. The van der Waals surface area contributed by atoms with Crippen molar-refractivity contribution in [3.05, 3.63) is 40.3 Å². The van der Waals surface area contributed by atoms with Gasteiger partial charge >= 0.3 is 0 Å². The normalized spacial score (nSPS) is 20.4. The summed E-state index contributed by atoms with van der Waals surface area (Å²) in [6.07, 6.45) is 5.68. The molecule has 1 unspecified atom stereocenters. The number of nitrogens with zero attached hydrogens (tertiary/aromatic N) is 1. The van der Waals surface area contributed by atoms with Crippen LogP contribution in [0.4, 0.5) is 11.4 Å². The van der Waals surface area contributed by atoms with E-state index >= 15 is 0 Å². The molecule has 0 bridgehead atoms. The number of nitrogen functional groups attached to an aromatic ring is 1. The van der Waals surface area contributed by atoms with Crippen molar-refractivity contribution >= 4 is 17.2 Å². The summed E-state index contributed by atoms with van der Waals surface area (Å²) in [4.78, 5) is 23.4. The zero-order valence-corrected chi connectivity index (χ0v) is 12.1. The van der Waals surface area contributed by atoms with Crippen LogP contribution in [-0.4, -0.2) is 5.78 Å². The summed E-state index contributed by atoms with van der Waals surface area (Å²) in [7, 11) is 0. The van der Waals surface area contributed by atoms with Crippen LogP contribution in [-0.2, 0) is 10.2 Å². The fraction of sp³-hybridized carbons (Fsp3) is 0.438. The van der Waals surface area contributed by atoms with Crippen molar-refractivity contribution in [3.8, 4) is 0 Å². The third kappa shape index (κ3) is 2.15. The van der Waals surface area contributed by atoms with E-state index in [9.17, 15) is 9.70 Å². The highest BCUT2D eigenvalue weighted by molar-refractivity contribution is 6.00. The lowest BCUT2D eigenvalue weighted by atomic mass is 9.84. The number of hydrogen-bond donors (Lipinski definition) is 1. The van der Waals surface area contributed by atoms with Gasteiger partial charge in [0.2, 0.25) is 0 Å². The number of carbonyl (C=O) groups is 1. The number of ketones is 1. The lowest BCUT2D eigenvalue weighted by Crippen LogP contribution is -2.25. The second kappa shape index (κ2) is 5.19. The summed E-state index contributed by atoms with van der Waals surface area (Å²) in [6, 6.07) is 3.41. The van der Waals surface area contributed by atoms with Gasteiger partial charge in [-0.2, -0.15) is 0 Å². The Morgan fingerprint density at radius 1 is 1.35 bits per heavy atom. The van der Waals surface area contributed by atoms with E-state index in [4.69, 9.17) is 5.73 Å². The number of nitroso groups, excluding NO2 is 1. The van der Waals surface area contributed by atoms with E-state index < -0.39 is 5.41 Å². The van der Waals surface area contributed by atoms with Gasteiger partial charge in [0.15, 0.2) is 5.78 Å². The maximum absolute atomic E-state index is 12.6. The van der Waals surface area contributed by atoms with Crippen molar-refractivity contribution in [2.75, 3.05) is 5.73 Å². The fourth-order valence-electron chi connectivity index (χ4n) is 2.87. The molecule has 4 heteroatoms. The number of benzene rings is 1. The molecular weight excluding hydrogens is 252 g/mol. The minimum absolute atomic E-state index is 0.177. The maximum atomic E-state index is 12.6. The number of fused-ring (bicyclic) bond motifs is 1. The van der Waals surface area contributed by atoms with Gasteiger partial charge in [-0.3, -0.25) is 4.79 Å². The first-order valence-corrected chi connectivity index (χ1v) is 6.90. The third-order valence-corrected chi connectivity index (χ3v) is 4.05. The zero-order chi connectivity index (χ0) is 14.9. The predicted octanol–water partition coefficient (Wildman–Crippen LogP) is 3.97. The van der Waals surface area contributed by atoms with E-state index in [0.29, 0.717) is 12.1 Å². The van der Waals surface area contributed by atoms with Crippen LogP contribution in [0.5, 0.6) is 0 Å². The van der Waals surface area contributed by atoms with Gasteiger partial charge in [-0.25, -0.2) is 0 Å². The van der Waals surface area contributed by atoms with Gasteiger partial charge in [0.25, 0.3) is 0 Å². The quantitative estimate of drug-likeness (QED) is 0.512. The highest BCUT2D eigenvalue weighted by Crippen LogP contribution is 2.47. The number of rotatable bonds is 4. The molecule has 0 aromatic heterocycles. The molecule has 0 heterocycles. The Bertz CT molecular complexity index is 588. The average Bonchev–Trinajstić information content (AvgIpc) is 2.59. The number of Topliss-reactive ketones (excluding diaryl/α,β-unsaturated/α-hetero) is 1. The molecule has 0 radical (unpaired) electrons. The van der Waals surface area contributed by atoms with Crippen molar-refractivity contribution in [1.82, 2.24) is 0 Å². The minimum Gasteiger partial charge on any atom is -0.397 e. The molecule has 4 nitrogen and oxygen atoms in total. The molecular formula is C16H20N2O2. The van der Waals surface area contributed by atoms with Gasteiger partial charge in [0, 0.05) is 11.3 Å². The molecule has 0 saturated carbocycles. The van der Waals surface area contributed by atoms with Gasteiger partial charge in [-0.15, -0.1) is 4.91 Å². The first-order valence-electron chi connectivity index (χ1n) is 6.90. The van der Waals surface area contributed by atoms with Gasteiger partial charge in [-0.05, 0) is 55.1 Å². The summed E-state index contributed by atoms with van der Waals surface area (Å²) in [5, 5.41) is 2.95. The lowest BCUT2D eigenvalue weighted by Gasteiger charge is -2.18. The molecule has 1 aliphatic rings. The molecule has 0 fully saturated rings. The Morgan fingerprint density at radius 2 is 2.05 bits per heavy atom. The molecule has 0 spiro atoms. The second-order valence-corrected chi connectivity index (χ2v) is 5.75. The fourth-order valence-corrected chi connectivity index (χ4v) is 2.87. The van der Waals surface area contributed by atoms with E-state index in [1.54, 1.807) is 12.1 Å². The zero-order valence-electron chi connectivity index (χ0n) is 12.1. The topological polar surface area (TPSA) is 72.5 Å². The summed E-state index contributed by atoms with van der Waals surface area (Å²) in [6.45, 7) is 5.87. The van der Waals surface area contributed by atoms with Crippen molar-refractivity contribution in [1.29, 1.82) is 0 Å². The molecule has 0 amide bonds. The summed E-state index contributed by atoms with van der Waals surface area (Å²) < 4.78 is 0. The van der Waals surface area contributed by atoms with Crippen LogP contribution in [0, 0.1) is 4.91 Å². The molecule has 1 aliphatic carbocycles. The Balaban J connectivity index is 2.52. The number of nitrogens with two attached hydrogens (primary N) is 1. The summed E-state index contributed by atoms with van der Waals surface area (Å²) in [5.74, 6) is -0.0281. The van der Waals surface area contributed by atoms with Crippen LogP contribution in [0.15, 0.2) is 29.5 Å². The number of hydrogen-bond acceptors (Lipinski definition) is 4. The first-order chi connectivity index (χ1) is 9.43. The van der Waals surface area contributed by atoms with Crippen molar-refractivity contribution in [2.24, 2.45) is 5.18 Å². The Hall–Kier alpha value is -1.97. The number of carbonyl (C=O) groups excluding carboxylic acids is 1. The van der Waals surface area contributed by atoms with Crippen LogP contribution in [0.1, 0.15) is 50.7 Å². The van der Waals surface area contributed by atoms with Crippen LogP contribution >= 0.6 is 0 Å². The molecule has 2 N–H and O–H groups in total. The lowest BCUT2D eigenvalue weighted by molar-refractivity contribution is -0.123. The Kier molecular flexibility index (Phi) is 3.75. The van der Waals surface area contributed by atoms with Gasteiger partial charge < -0.3 is 5.73 Å². The molecule has 1 aromatic rings. The van der Waals surface area contributed by atoms with Crippen molar-refractivity contribution in [2.45, 2.75) is 44.9 Å². The molecule has 1 atom stereocenters. The Morgan fingerprint density at radius 3 is 2.65 bits per heavy atom. The van der Waals surface area contributed by atoms with Crippen LogP contribution < -0.4 is 5.73 Å². The summed E-state index contributed by atoms with van der Waals surface area (Å²) in [5.41, 5.74) is 7.63. The van der Waals surface area contributed by atoms with Crippen molar-refractivity contribution < 1.29 is 4.79 Å². The van der Waals surface area contributed by atoms with Gasteiger partial charge in [0.1, 0.15) is 5.69 Å². The highest BCUT2D eigenvalue weighted by atomic mass is 16.3. The SMILES string of the molecule is CC/C=C\CC1C(=O)C(C)(C)c2cc(N)c(N=O)cc21. The standard InChI is InChI=1S/C16H20N2O2/c1-4-5-6-7-10-11-8-14(18-20)13(17)9-12(11)16(2,3)15(10)19/h5-6,8-10H,4,7,17H2,1-3H3/b6-5-. The molecule has 0 saturated heterocycles. The van der Waals surface area contributed by atoms with E-state index in [1.807, 2.05) is 19.9 Å². The third-order valence-electron chi connectivity index (χ3n) is 4.05. The minimum atomic E-state index is -0.560. The van der Waals surface area contributed by atoms with E-state index in [2.05, 4.69) is 18.2 Å². The Labute approximate surface area is 119 Å². The maximum Gasteiger partial charge on any atom is 0.150 e. The molecule has 0 aliphatic heterocycles. The number of allylic oxidation sites excluding steroid dienone is 2. The largest absolute Gasteiger partial charge is 0.397 e. The van der Waals surface area contributed by atoms with Crippen LogP contribution in [0.25, 0.3) is 0 Å². The van der Waals surface area contributed by atoms with Gasteiger partial charge in [0.05, 0.1) is 5.69 Å². The smallest absolute Gasteiger partial charge is 0.150 e. The summed E-state index contributed by atoms with van der Waals surface area (Å²) >= 11 is 0. The molecule has 20 heavy (non-hydrogen) atoms. The highest BCUT2D eigenvalue weighted by Gasteiger charge is 2.45.